The number of aromatic hydroxyl groups is 1. The van der Waals surface area contributed by atoms with Gasteiger partial charge < -0.3 is 10.8 Å². The lowest BCUT2D eigenvalue weighted by atomic mass is 9.95. The van der Waals surface area contributed by atoms with Gasteiger partial charge in [0.05, 0.1) is 5.56 Å². The Labute approximate surface area is 116 Å². The van der Waals surface area contributed by atoms with Crippen LogP contribution in [0, 0.1) is 0 Å². The zero-order valence-electron chi connectivity index (χ0n) is 10.7. The number of rotatable bonds is 2. The lowest BCUT2D eigenvalue weighted by Crippen LogP contribution is -2.03. The van der Waals surface area contributed by atoms with Crippen molar-refractivity contribution in [1.82, 2.24) is 0 Å². The quantitative estimate of drug-likeness (QED) is 0.550. The number of phenols is 1. The highest BCUT2D eigenvalue weighted by Gasteiger charge is 2.18. The minimum absolute atomic E-state index is 0.0879. The van der Waals surface area contributed by atoms with Crippen molar-refractivity contribution >= 4 is 22.2 Å². The zero-order valence-corrected chi connectivity index (χ0v) is 10.7. The summed E-state index contributed by atoms with van der Waals surface area (Å²) < 4.78 is 0. The molecule has 3 heteroatoms. The second kappa shape index (κ2) is 4.70. The molecular formula is C17H13NO2. The summed E-state index contributed by atoms with van der Waals surface area (Å²) in [7, 11) is 0. The van der Waals surface area contributed by atoms with Crippen molar-refractivity contribution in [3.63, 3.8) is 0 Å². The summed E-state index contributed by atoms with van der Waals surface area (Å²) in [6.07, 6.45) is 0. The van der Waals surface area contributed by atoms with E-state index in [2.05, 4.69) is 0 Å². The molecule has 0 heterocycles. The number of ketones is 1. The van der Waals surface area contributed by atoms with Crippen molar-refractivity contribution in [2.45, 2.75) is 0 Å². The molecule has 3 aromatic rings. The highest BCUT2D eigenvalue weighted by Crippen LogP contribution is 2.33. The highest BCUT2D eigenvalue weighted by molar-refractivity contribution is 6.19. The first kappa shape index (κ1) is 12.2. The third-order valence-electron chi connectivity index (χ3n) is 3.32. The minimum Gasteiger partial charge on any atom is -0.507 e. The van der Waals surface area contributed by atoms with Gasteiger partial charge in [0.1, 0.15) is 5.75 Å². The van der Waals surface area contributed by atoms with Gasteiger partial charge in [0.15, 0.2) is 5.78 Å². The molecule has 3 aromatic carbocycles. The predicted molar refractivity (Wildman–Crippen MR) is 79.9 cm³/mol. The monoisotopic (exact) mass is 263 g/mol. The van der Waals surface area contributed by atoms with Crippen molar-refractivity contribution in [2.24, 2.45) is 0 Å². The molecule has 0 amide bonds. The average molecular weight is 263 g/mol. The Morgan fingerprint density at radius 1 is 0.900 bits per heavy atom. The molecule has 0 unspecified atom stereocenters. The van der Waals surface area contributed by atoms with Crippen molar-refractivity contribution in [3.8, 4) is 5.75 Å². The number of carbonyl (C=O) groups is 1. The van der Waals surface area contributed by atoms with E-state index in [0.717, 1.165) is 5.39 Å². The first-order chi connectivity index (χ1) is 9.68. The lowest BCUT2D eigenvalue weighted by molar-refractivity contribution is 0.103. The van der Waals surface area contributed by atoms with Crippen molar-refractivity contribution in [2.75, 3.05) is 5.73 Å². The molecule has 0 aliphatic carbocycles. The fourth-order valence-corrected chi connectivity index (χ4v) is 2.36. The number of nitrogens with two attached hydrogens (primary N) is 1. The van der Waals surface area contributed by atoms with Gasteiger partial charge in [-0.05, 0) is 5.39 Å². The van der Waals surface area contributed by atoms with Gasteiger partial charge in [-0.3, -0.25) is 4.79 Å². The summed E-state index contributed by atoms with van der Waals surface area (Å²) >= 11 is 0. The Bertz CT molecular complexity index is 795. The molecule has 0 aromatic heterocycles. The molecule has 0 aliphatic rings. The fraction of sp³-hybridized carbons (Fsp3) is 0. The summed E-state index contributed by atoms with van der Waals surface area (Å²) in [5, 5.41) is 11.6. The van der Waals surface area contributed by atoms with Crippen LogP contribution in [0.15, 0.2) is 60.7 Å². The standard InChI is InChI=1S/C17H13NO2/c18-14-10-15(19)16(13-9-5-4-8-12(13)14)17(20)11-6-2-1-3-7-11/h1-10,19H,18H2. The Kier molecular flexibility index (Phi) is 2.88. The molecule has 0 spiro atoms. The topological polar surface area (TPSA) is 63.3 Å². The SMILES string of the molecule is Nc1cc(O)c(C(=O)c2ccccc2)c2ccccc12. The molecular weight excluding hydrogens is 250 g/mol. The van der Waals surface area contributed by atoms with Crippen LogP contribution in [0.25, 0.3) is 10.8 Å². The summed E-state index contributed by atoms with van der Waals surface area (Å²) in [4.78, 5) is 12.6. The number of anilines is 1. The maximum Gasteiger partial charge on any atom is 0.197 e. The zero-order chi connectivity index (χ0) is 14.1. The van der Waals surface area contributed by atoms with Gasteiger partial charge in [-0.15, -0.1) is 0 Å². The molecule has 3 rings (SSSR count). The van der Waals surface area contributed by atoms with E-state index in [-0.39, 0.29) is 11.5 Å². The number of carbonyl (C=O) groups excluding carboxylic acids is 1. The van der Waals surface area contributed by atoms with Crippen LogP contribution in [-0.2, 0) is 0 Å². The first-order valence-electron chi connectivity index (χ1n) is 6.28. The Hall–Kier alpha value is -2.81. The number of phenolic OH excluding ortho intramolecular Hbond substituents is 1. The third-order valence-corrected chi connectivity index (χ3v) is 3.32. The number of hydrogen-bond acceptors (Lipinski definition) is 3. The van der Waals surface area contributed by atoms with Gasteiger partial charge in [-0.25, -0.2) is 0 Å². The van der Waals surface area contributed by atoms with Crippen molar-refractivity contribution < 1.29 is 9.90 Å². The largest absolute Gasteiger partial charge is 0.507 e. The highest BCUT2D eigenvalue weighted by atomic mass is 16.3. The fourth-order valence-electron chi connectivity index (χ4n) is 2.36. The van der Waals surface area contributed by atoms with Gasteiger partial charge in [0, 0.05) is 22.7 Å². The molecule has 0 radical (unpaired) electrons. The van der Waals surface area contributed by atoms with Crippen LogP contribution in [0.4, 0.5) is 5.69 Å². The van der Waals surface area contributed by atoms with E-state index in [1.807, 2.05) is 24.3 Å². The number of benzene rings is 3. The normalized spacial score (nSPS) is 10.6. The molecule has 98 valence electrons. The van der Waals surface area contributed by atoms with E-state index >= 15 is 0 Å². The van der Waals surface area contributed by atoms with E-state index in [9.17, 15) is 9.90 Å². The van der Waals surface area contributed by atoms with Crippen LogP contribution >= 0.6 is 0 Å². The Morgan fingerprint density at radius 3 is 2.20 bits per heavy atom. The maximum atomic E-state index is 12.6. The minimum atomic E-state index is -0.209. The Morgan fingerprint density at radius 2 is 1.50 bits per heavy atom. The van der Waals surface area contributed by atoms with Crippen LogP contribution in [0.2, 0.25) is 0 Å². The van der Waals surface area contributed by atoms with E-state index in [1.54, 1.807) is 30.3 Å². The molecule has 0 fully saturated rings. The third kappa shape index (κ3) is 1.89. The van der Waals surface area contributed by atoms with Crippen LogP contribution in [0.5, 0.6) is 5.75 Å². The lowest BCUT2D eigenvalue weighted by Gasteiger charge is -2.10. The van der Waals surface area contributed by atoms with E-state index in [1.165, 1.54) is 6.07 Å². The molecule has 3 N–H and O–H groups in total. The number of hydrogen-bond donors (Lipinski definition) is 2. The molecule has 0 aliphatic heterocycles. The van der Waals surface area contributed by atoms with Crippen LogP contribution in [-0.4, -0.2) is 10.9 Å². The van der Waals surface area contributed by atoms with E-state index in [4.69, 9.17) is 5.73 Å². The summed E-state index contributed by atoms with van der Waals surface area (Å²) in [5.41, 5.74) is 7.19. The molecule has 0 atom stereocenters. The maximum absolute atomic E-state index is 12.6. The van der Waals surface area contributed by atoms with Crippen LogP contribution in [0.3, 0.4) is 0 Å². The molecule has 0 saturated carbocycles. The van der Waals surface area contributed by atoms with Gasteiger partial charge in [-0.1, -0.05) is 54.6 Å². The van der Waals surface area contributed by atoms with Gasteiger partial charge in [0.2, 0.25) is 0 Å². The van der Waals surface area contributed by atoms with Crippen LogP contribution in [0.1, 0.15) is 15.9 Å². The van der Waals surface area contributed by atoms with Crippen molar-refractivity contribution in [1.29, 1.82) is 0 Å². The van der Waals surface area contributed by atoms with Gasteiger partial charge in [-0.2, -0.15) is 0 Å². The number of nitrogen functional groups attached to an aromatic ring is 1. The van der Waals surface area contributed by atoms with Gasteiger partial charge in [0.25, 0.3) is 0 Å². The predicted octanol–water partition coefficient (Wildman–Crippen LogP) is 3.36. The van der Waals surface area contributed by atoms with Gasteiger partial charge >= 0.3 is 0 Å². The molecule has 20 heavy (non-hydrogen) atoms. The van der Waals surface area contributed by atoms with E-state index < -0.39 is 0 Å². The second-order valence-corrected chi connectivity index (χ2v) is 4.60. The summed E-state index contributed by atoms with van der Waals surface area (Å²) in [6.45, 7) is 0. The summed E-state index contributed by atoms with van der Waals surface area (Å²) in [6, 6.07) is 17.6. The van der Waals surface area contributed by atoms with E-state index in [0.29, 0.717) is 22.2 Å². The average Bonchev–Trinajstić information content (AvgIpc) is 2.48. The molecule has 3 nitrogen and oxygen atoms in total. The smallest absolute Gasteiger partial charge is 0.197 e. The Balaban J connectivity index is 2.29. The molecule has 0 saturated heterocycles. The second-order valence-electron chi connectivity index (χ2n) is 4.60. The van der Waals surface area contributed by atoms with Crippen molar-refractivity contribution in [3.05, 3.63) is 71.8 Å². The summed E-state index contributed by atoms with van der Waals surface area (Å²) in [5.74, 6) is -0.297. The van der Waals surface area contributed by atoms with Crippen LogP contribution < -0.4 is 5.73 Å². The first-order valence-corrected chi connectivity index (χ1v) is 6.28. The molecule has 0 bridgehead atoms. The number of fused-ring (bicyclic) bond motifs is 1.